The molecule has 1 aromatic carbocycles. The van der Waals surface area contributed by atoms with Crippen LogP contribution in [0.4, 0.5) is 0 Å². The molecule has 4 heteroatoms. The van der Waals surface area contributed by atoms with Crippen LogP contribution in [-0.2, 0) is 0 Å². The normalized spacial score (nSPS) is 9.73. The highest BCUT2D eigenvalue weighted by Crippen LogP contribution is 2.24. The quantitative estimate of drug-likeness (QED) is 0.829. The van der Waals surface area contributed by atoms with E-state index in [4.69, 9.17) is 0 Å². The maximum absolute atomic E-state index is 11.5. The Hall–Kier alpha value is -1.29. The second kappa shape index (κ2) is 4.98. The van der Waals surface area contributed by atoms with Gasteiger partial charge < -0.3 is 10.4 Å². The standard InChI is InChI=1S/C11H12BrNO2/c1-7(2)6-13-11(15)8-3-4-9(12)10(14)5-8/h3-5,14H,1,6H2,2H3,(H,13,15). The van der Waals surface area contributed by atoms with Crippen LogP contribution in [0, 0.1) is 0 Å². The van der Waals surface area contributed by atoms with Gasteiger partial charge in [0.15, 0.2) is 0 Å². The van der Waals surface area contributed by atoms with Crippen molar-refractivity contribution >= 4 is 21.8 Å². The molecule has 0 fully saturated rings. The molecule has 0 saturated heterocycles. The van der Waals surface area contributed by atoms with Gasteiger partial charge in [0, 0.05) is 12.1 Å². The minimum Gasteiger partial charge on any atom is -0.507 e. The second-order valence-corrected chi connectivity index (χ2v) is 4.16. The van der Waals surface area contributed by atoms with Crippen LogP contribution in [0.2, 0.25) is 0 Å². The van der Waals surface area contributed by atoms with Crippen LogP contribution in [0.25, 0.3) is 0 Å². The summed E-state index contributed by atoms with van der Waals surface area (Å²) in [6.07, 6.45) is 0. The first kappa shape index (κ1) is 11.8. The molecule has 0 saturated carbocycles. The highest BCUT2D eigenvalue weighted by Gasteiger charge is 2.07. The summed E-state index contributed by atoms with van der Waals surface area (Å²) in [7, 11) is 0. The number of carbonyl (C=O) groups excluding carboxylic acids is 1. The Balaban J connectivity index is 2.74. The van der Waals surface area contributed by atoms with E-state index in [0.717, 1.165) is 5.57 Å². The first-order valence-electron chi connectivity index (χ1n) is 4.42. The summed E-state index contributed by atoms with van der Waals surface area (Å²) in [4.78, 5) is 11.5. The number of hydrogen-bond acceptors (Lipinski definition) is 2. The van der Waals surface area contributed by atoms with Gasteiger partial charge in [-0.15, -0.1) is 0 Å². The lowest BCUT2D eigenvalue weighted by Crippen LogP contribution is -2.24. The SMILES string of the molecule is C=C(C)CNC(=O)c1ccc(Br)c(O)c1. The van der Waals surface area contributed by atoms with Crippen molar-refractivity contribution in [3.63, 3.8) is 0 Å². The molecule has 1 aromatic rings. The topological polar surface area (TPSA) is 49.3 Å². The van der Waals surface area contributed by atoms with Gasteiger partial charge in [0.2, 0.25) is 0 Å². The average molecular weight is 270 g/mol. The molecule has 0 heterocycles. The van der Waals surface area contributed by atoms with Crippen molar-refractivity contribution in [3.05, 3.63) is 40.4 Å². The maximum Gasteiger partial charge on any atom is 0.251 e. The van der Waals surface area contributed by atoms with E-state index in [1.54, 1.807) is 12.1 Å². The van der Waals surface area contributed by atoms with Crippen LogP contribution < -0.4 is 5.32 Å². The highest BCUT2D eigenvalue weighted by molar-refractivity contribution is 9.10. The molecule has 3 nitrogen and oxygen atoms in total. The largest absolute Gasteiger partial charge is 0.507 e. The van der Waals surface area contributed by atoms with Gasteiger partial charge >= 0.3 is 0 Å². The molecule has 0 aliphatic rings. The van der Waals surface area contributed by atoms with Crippen LogP contribution in [0.5, 0.6) is 5.75 Å². The van der Waals surface area contributed by atoms with Crippen molar-refractivity contribution in [2.45, 2.75) is 6.92 Å². The maximum atomic E-state index is 11.5. The van der Waals surface area contributed by atoms with Gasteiger partial charge in [0.05, 0.1) is 4.47 Å². The van der Waals surface area contributed by atoms with Crippen LogP contribution in [-0.4, -0.2) is 17.6 Å². The Morgan fingerprint density at radius 3 is 2.80 bits per heavy atom. The van der Waals surface area contributed by atoms with Gasteiger partial charge in [0.1, 0.15) is 5.75 Å². The number of carbonyl (C=O) groups is 1. The predicted octanol–water partition coefficient (Wildman–Crippen LogP) is 2.46. The molecular weight excluding hydrogens is 258 g/mol. The molecule has 0 aromatic heterocycles. The third-order valence-electron chi connectivity index (χ3n) is 1.76. The lowest BCUT2D eigenvalue weighted by atomic mass is 10.2. The summed E-state index contributed by atoms with van der Waals surface area (Å²) in [6.45, 7) is 5.95. The van der Waals surface area contributed by atoms with Gasteiger partial charge in [-0.05, 0) is 41.1 Å². The number of hydrogen-bond donors (Lipinski definition) is 2. The minimum atomic E-state index is -0.221. The van der Waals surface area contributed by atoms with Crippen LogP contribution in [0.1, 0.15) is 17.3 Å². The molecule has 80 valence electrons. The van der Waals surface area contributed by atoms with E-state index in [1.165, 1.54) is 6.07 Å². The van der Waals surface area contributed by atoms with E-state index >= 15 is 0 Å². The van der Waals surface area contributed by atoms with E-state index in [2.05, 4.69) is 27.8 Å². The Kier molecular flexibility index (Phi) is 3.91. The van der Waals surface area contributed by atoms with E-state index in [1.807, 2.05) is 6.92 Å². The number of amides is 1. The van der Waals surface area contributed by atoms with Gasteiger partial charge in [-0.1, -0.05) is 12.2 Å². The van der Waals surface area contributed by atoms with Gasteiger partial charge in [-0.2, -0.15) is 0 Å². The van der Waals surface area contributed by atoms with E-state index in [0.29, 0.717) is 16.6 Å². The van der Waals surface area contributed by atoms with Gasteiger partial charge in [0.25, 0.3) is 5.91 Å². The summed E-state index contributed by atoms with van der Waals surface area (Å²) in [5, 5.41) is 12.1. The zero-order chi connectivity index (χ0) is 11.4. The zero-order valence-corrected chi connectivity index (χ0v) is 9.97. The van der Waals surface area contributed by atoms with Crippen molar-refractivity contribution in [2.24, 2.45) is 0 Å². The fraction of sp³-hybridized carbons (Fsp3) is 0.182. The zero-order valence-electron chi connectivity index (χ0n) is 8.38. The van der Waals surface area contributed by atoms with Crippen molar-refractivity contribution < 1.29 is 9.90 Å². The number of nitrogens with one attached hydrogen (secondary N) is 1. The Morgan fingerprint density at radius 2 is 2.27 bits per heavy atom. The van der Waals surface area contributed by atoms with E-state index < -0.39 is 0 Å². The second-order valence-electron chi connectivity index (χ2n) is 3.31. The monoisotopic (exact) mass is 269 g/mol. The number of benzene rings is 1. The molecule has 1 rings (SSSR count). The van der Waals surface area contributed by atoms with E-state index in [9.17, 15) is 9.90 Å². The summed E-state index contributed by atoms with van der Waals surface area (Å²) in [5.41, 5.74) is 1.31. The Labute approximate surface area is 96.9 Å². The Bertz CT molecular complexity index is 402. The van der Waals surface area contributed by atoms with Crippen LogP contribution in [0.15, 0.2) is 34.8 Å². The minimum absolute atomic E-state index is 0.0537. The van der Waals surface area contributed by atoms with Gasteiger partial charge in [-0.25, -0.2) is 0 Å². The molecule has 0 spiro atoms. The predicted molar refractivity (Wildman–Crippen MR) is 63.0 cm³/mol. The first-order chi connectivity index (χ1) is 7.00. The molecule has 0 aliphatic carbocycles. The summed E-state index contributed by atoms with van der Waals surface area (Å²) < 4.78 is 0.568. The molecule has 0 aliphatic heterocycles. The fourth-order valence-electron chi connectivity index (χ4n) is 0.987. The lowest BCUT2D eigenvalue weighted by molar-refractivity contribution is 0.0956. The van der Waals surface area contributed by atoms with Crippen molar-refractivity contribution in [3.8, 4) is 5.75 Å². The molecule has 1 amide bonds. The van der Waals surface area contributed by atoms with Crippen LogP contribution in [0.3, 0.4) is 0 Å². The molecule has 0 atom stereocenters. The molecular formula is C11H12BrNO2. The number of halogens is 1. The Morgan fingerprint density at radius 1 is 1.60 bits per heavy atom. The smallest absolute Gasteiger partial charge is 0.251 e. The molecule has 2 N–H and O–H groups in total. The first-order valence-corrected chi connectivity index (χ1v) is 5.21. The third kappa shape index (κ3) is 3.40. The molecule has 15 heavy (non-hydrogen) atoms. The van der Waals surface area contributed by atoms with Crippen molar-refractivity contribution in [1.82, 2.24) is 5.32 Å². The van der Waals surface area contributed by atoms with Crippen molar-refractivity contribution in [1.29, 1.82) is 0 Å². The van der Waals surface area contributed by atoms with E-state index in [-0.39, 0.29) is 11.7 Å². The summed E-state index contributed by atoms with van der Waals surface area (Å²) in [6, 6.07) is 4.68. The average Bonchev–Trinajstić information content (AvgIpc) is 2.18. The van der Waals surface area contributed by atoms with Crippen LogP contribution >= 0.6 is 15.9 Å². The molecule has 0 unspecified atom stereocenters. The fourth-order valence-corrected chi connectivity index (χ4v) is 1.23. The number of rotatable bonds is 3. The lowest BCUT2D eigenvalue weighted by Gasteiger charge is -2.05. The highest BCUT2D eigenvalue weighted by atomic mass is 79.9. The van der Waals surface area contributed by atoms with Crippen molar-refractivity contribution in [2.75, 3.05) is 6.54 Å². The summed E-state index contributed by atoms with van der Waals surface area (Å²) >= 11 is 3.14. The third-order valence-corrected chi connectivity index (χ3v) is 2.43. The van der Waals surface area contributed by atoms with Gasteiger partial charge in [-0.3, -0.25) is 4.79 Å². The number of phenolic OH excluding ortho intramolecular Hbond substituents is 1. The summed E-state index contributed by atoms with van der Waals surface area (Å²) in [5.74, 6) is -0.168. The molecule has 0 radical (unpaired) electrons. The number of phenols is 1. The number of aromatic hydroxyl groups is 1. The molecule has 0 bridgehead atoms.